The number of nitrogens with zero attached hydrogens (tertiary/aromatic N) is 3. The van der Waals surface area contributed by atoms with Crippen LogP contribution in [0.2, 0.25) is 0 Å². The van der Waals surface area contributed by atoms with Gasteiger partial charge in [-0.15, -0.1) is 0 Å². The molecule has 0 saturated carbocycles. The summed E-state index contributed by atoms with van der Waals surface area (Å²) < 4.78 is 5.44. The Morgan fingerprint density at radius 2 is 2.18 bits per heavy atom. The van der Waals surface area contributed by atoms with Gasteiger partial charge in [-0.05, 0) is 43.9 Å². The van der Waals surface area contributed by atoms with Gasteiger partial charge in [0.2, 0.25) is 0 Å². The SMILES string of the molecule is COc1ccccc1C[C@H]1CCCN1C[C@H](C#N)CCC#N. The monoisotopic (exact) mass is 297 g/mol. The van der Waals surface area contributed by atoms with Gasteiger partial charge in [-0.1, -0.05) is 18.2 Å². The first-order valence-electron chi connectivity index (χ1n) is 7.91. The Morgan fingerprint density at radius 1 is 1.36 bits per heavy atom. The number of hydrogen-bond donors (Lipinski definition) is 0. The molecule has 1 aliphatic heterocycles. The molecule has 0 N–H and O–H groups in total. The zero-order valence-electron chi connectivity index (χ0n) is 13.2. The number of rotatable bonds is 7. The van der Waals surface area contributed by atoms with E-state index in [-0.39, 0.29) is 5.92 Å². The lowest BCUT2D eigenvalue weighted by Gasteiger charge is -2.26. The van der Waals surface area contributed by atoms with E-state index < -0.39 is 0 Å². The minimum absolute atomic E-state index is 0.0436. The molecule has 0 unspecified atom stereocenters. The number of methoxy groups -OCH3 is 1. The van der Waals surface area contributed by atoms with Crippen molar-refractivity contribution in [1.82, 2.24) is 4.90 Å². The van der Waals surface area contributed by atoms with Gasteiger partial charge in [-0.3, -0.25) is 4.90 Å². The quantitative estimate of drug-likeness (QED) is 0.775. The van der Waals surface area contributed by atoms with Crippen molar-refractivity contribution in [3.8, 4) is 17.9 Å². The Labute approximate surface area is 132 Å². The smallest absolute Gasteiger partial charge is 0.122 e. The van der Waals surface area contributed by atoms with Gasteiger partial charge in [0, 0.05) is 19.0 Å². The Morgan fingerprint density at radius 3 is 2.91 bits per heavy atom. The first-order chi connectivity index (χ1) is 10.8. The molecule has 4 heteroatoms. The number of ether oxygens (including phenoxy) is 1. The molecule has 1 aromatic rings. The second kappa shape index (κ2) is 8.41. The molecule has 0 aliphatic carbocycles. The van der Waals surface area contributed by atoms with Crippen molar-refractivity contribution in [2.24, 2.45) is 5.92 Å². The molecule has 0 aromatic heterocycles. The lowest BCUT2D eigenvalue weighted by molar-refractivity contribution is 0.226. The zero-order chi connectivity index (χ0) is 15.8. The van der Waals surface area contributed by atoms with Gasteiger partial charge in [0.05, 0.1) is 25.2 Å². The van der Waals surface area contributed by atoms with Gasteiger partial charge in [-0.2, -0.15) is 10.5 Å². The topological polar surface area (TPSA) is 60.0 Å². The van der Waals surface area contributed by atoms with E-state index in [4.69, 9.17) is 10.00 Å². The summed E-state index contributed by atoms with van der Waals surface area (Å²) in [4.78, 5) is 2.41. The summed E-state index contributed by atoms with van der Waals surface area (Å²) in [5.41, 5.74) is 1.23. The van der Waals surface area contributed by atoms with Gasteiger partial charge in [-0.25, -0.2) is 0 Å². The fraction of sp³-hybridized carbons (Fsp3) is 0.556. The average molecular weight is 297 g/mol. The summed E-state index contributed by atoms with van der Waals surface area (Å²) in [5.74, 6) is 0.897. The molecule has 1 aromatic carbocycles. The van der Waals surface area contributed by atoms with Crippen LogP contribution in [0.4, 0.5) is 0 Å². The second-order valence-electron chi connectivity index (χ2n) is 5.83. The lowest BCUT2D eigenvalue weighted by atomic mass is 10.0. The molecule has 0 radical (unpaired) electrons. The number of likely N-dealkylation sites (tertiary alicyclic amines) is 1. The molecule has 0 bridgehead atoms. The van der Waals surface area contributed by atoms with E-state index in [1.54, 1.807) is 7.11 Å². The highest BCUT2D eigenvalue weighted by molar-refractivity contribution is 5.34. The van der Waals surface area contributed by atoms with Crippen LogP contribution in [-0.4, -0.2) is 31.1 Å². The van der Waals surface area contributed by atoms with Crippen molar-refractivity contribution in [2.75, 3.05) is 20.2 Å². The average Bonchev–Trinajstić information content (AvgIpc) is 2.98. The second-order valence-corrected chi connectivity index (χ2v) is 5.83. The molecule has 1 saturated heterocycles. The zero-order valence-corrected chi connectivity index (χ0v) is 13.2. The Kier molecular flexibility index (Phi) is 6.25. The van der Waals surface area contributed by atoms with E-state index in [0.717, 1.165) is 31.7 Å². The maximum absolute atomic E-state index is 9.27. The number of benzene rings is 1. The first kappa shape index (κ1) is 16.3. The van der Waals surface area contributed by atoms with Crippen LogP contribution in [0.15, 0.2) is 24.3 Å². The van der Waals surface area contributed by atoms with Crippen LogP contribution >= 0.6 is 0 Å². The van der Waals surface area contributed by atoms with Crippen molar-refractivity contribution in [1.29, 1.82) is 10.5 Å². The fourth-order valence-corrected chi connectivity index (χ4v) is 3.21. The molecule has 1 heterocycles. The van der Waals surface area contributed by atoms with Crippen LogP contribution in [0.5, 0.6) is 5.75 Å². The van der Waals surface area contributed by atoms with Crippen LogP contribution < -0.4 is 4.74 Å². The summed E-state index contributed by atoms with van der Waals surface area (Å²) >= 11 is 0. The van der Waals surface area contributed by atoms with E-state index >= 15 is 0 Å². The fourth-order valence-electron chi connectivity index (χ4n) is 3.21. The highest BCUT2D eigenvalue weighted by Gasteiger charge is 2.27. The Balaban J connectivity index is 1.98. The van der Waals surface area contributed by atoms with Crippen molar-refractivity contribution in [2.45, 2.75) is 38.1 Å². The summed E-state index contributed by atoms with van der Waals surface area (Å²) in [5, 5.41) is 18.0. The van der Waals surface area contributed by atoms with E-state index in [1.165, 1.54) is 12.0 Å². The van der Waals surface area contributed by atoms with Gasteiger partial charge in [0.15, 0.2) is 0 Å². The normalized spacial score (nSPS) is 19.3. The summed E-state index contributed by atoms with van der Waals surface area (Å²) in [6.07, 6.45) is 4.43. The maximum Gasteiger partial charge on any atom is 0.122 e. The highest BCUT2D eigenvalue weighted by atomic mass is 16.5. The minimum atomic E-state index is -0.0436. The Bertz CT molecular complexity index is 558. The van der Waals surface area contributed by atoms with Crippen LogP contribution in [0.25, 0.3) is 0 Å². The van der Waals surface area contributed by atoms with E-state index in [9.17, 15) is 5.26 Å². The van der Waals surface area contributed by atoms with Gasteiger partial charge >= 0.3 is 0 Å². The van der Waals surface area contributed by atoms with Crippen LogP contribution in [0, 0.1) is 28.6 Å². The van der Waals surface area contributed by atoms with Crippen LogP contribution in [-0.2, 0) is 6.42 Å². The molecule has 1 fully saturated rings. The van der Waals surface area contributed by atoms with Gasteiger partial charge < -0.3 is 4.74 Å². The molecule has 0 spiro atoms. The summed E-state index contributed by atoms with van der Waals surface area (Å²) in [6.45, 7) is 1.82. The highest BCUT2D eigenvalue weighted by Crippen LogP contribution is 2.27. The number of para-hydroxylation sites is 1. The predicted molar refractivity (Wildman–Crippen MR) is 85.2 cm³/mol. The van der Waals surface area contributed by atoms with Gasteiger partial charge in [0.25, 0.3) is 0 Å². The molecule has 4 nitrogen and oxygen atoms in total. The van der Waals surface area contributed by atoms with Crippen molar-refractivity contribution >= 4 is 0 Å². The third kappa shape index (κ3) is 4.23. The van der Waals surface area contributed by atoms with Crippen molar-refractivity contribution < 1.29 is 4.74 Å². The largest absolute Gasteiger partial charge is 0.496 e. The third-order valence-electron chi connectivity index (χ3n) is 4.39. The molecule has 1 aliphatic rings. The minimum Gasteiger partial charge on any atom is -0.496 e. The van der Waals surface area contributed by atoms with Crippen molar-refractivity contribution in [3.05, 3.63) is 29.8 Å². The van der Waals surface area contributed by atoms with E-state index in [1.807, 2.05) is 18.2 Å². The predicted octanol–water partition coefficient (Wildman–Crippen LogP) is 3.15. The molecule has 22 heavy (non-hydrogen) atoms. The first-order valence-corrected chi connectivity index (χ1v) is 7.91. The van der Waals surface area contributed by atoms with Crippen LogP contribution in [0.3, 0.4) is 0 Å². The van der Waals surface area contributed by atoms with Gasteiger partial charge in [0.1, 0.15) is 5.75 Å². The number of nitriles is 2. The van der Waals surface area contributed by atoms with Crippen LogP contribution in [0.1, 0.15) is 31.2 Å². The van der Waals surface area contributed by atoms with E-state index in [2.05, 4.69) is 23.1 Å². The summed E-state index contributed by atoms with van der Waals surface area (Å²) in [6, 6.07) is 13.1. The number of hydrogen-bond acceptors (Lipinski definition) is 4. The lowest BCUT2D eigenvalue weighted by Crippen LogP contribution is -2.35. The molecule has 116 valence electrons. The standard InChI is InChI=1S/C18H23N3O/c1-22-18-9-3-2-7-16(18)12-17-8-5-11-21(17)14-15(13-20)6-4-10-19/h2-3,7,9,15,17H,4-6,8,11-12,14H2,1H3/t15-,17+/m0/s1. The molecule has 2 rings (SSSR count). The molecular formula is C18H23N3O. The summed E-state index contributed by atoms with van der Waals surface area (Å²) in [7, 11) is 1.71. The maximum atomic E-state index is 9.27. The molecular weight excluding hydrogens is 274 g/mol. The van der Waals surface area contributed by atoms with Crippen molar-refractivity contribution in [3.63, 3.8) is 0 Å². The molecule has 0 amide bonds. The third-order valence-corrected chi connectivity index (χ3v) is 4.39. The van der Waals surface area contributed by atoms with E-state index in [0.29, 0.717) is 18.9 Å². The molecule has 2 atom stereocenters. The Hall–Kier alpha value is -2.04.